The van der Waals surface area contributed by atoms with Gasteiger partial charge in [-0.05, 0) is 44.9 Å². The fraction of sp³-hybridized carbons (Fsp3) is 0.930. The summed E-state index contributed by atoms with van der Waals surface area (Å²) in [7, 11) is 0. The van der Waals surface area contributed by atoms with Gasteiger partial charge in [-0.2, -0.15) is 0 Å². The van der Waals surface area contributed by atoms with Gasteiger partial charge in [-0.1, -0.05) is 378 Å². The van der Waals surface area contributed by atoms with E-state index in [-0.39, 0.29) is 12.5 Å². The van der Waals surface area contributed by atoms with Gasteiger partial charge in [0.25, 0.3) is 0 Å². The molecule has 1 amide bonds. The molecule has 0 aromatic heterocycles. The molecule has 4 heteroatoms. The van der Waals surface area contributed by atoms with E-state index in [0.717, 1.165) is 32.1 Å². The number of rotatable bonds is 66. The molecular weight excluding hydrogens is 915 g/mol. The third kappa shape index (κ3) is 63.6. The van der Waals surface area contributed by atoms with Crippen molar-refractivity contribution in [3.05, 3.63) is 24.3 Å². The number of hydrogen-bond donors (Lipinski definition) is 3. The van der Waals surface area contributed by atoms with Crippen molar-refractivity contribution in [1.82, 2.24) is 5.32 Å². The lowest BCUT2D eigenvalue weighted by molar-refractivity contribution is -0.123. The van der Waals surface area contributed by atoms with Crippen LogP contribution >= 0.6 is 0 Å². The number of aliphatic hydroxyl groups is 2. The SMILES string of the molecule is CCCCCCC/C=C\C/C=C\CCCCCCCCCCCCCCCCCCCCCCCCCCCC(=O)NC(CO)C(O)CCCCCCCCCCCCCCCCCCCCCCCCCCCC. The first-order valence-corrected chi connectivity index (χ1v) is 35.0. The zero-order valence-corrected chi connectivity index (χ0v) is 51.6. The summed E-state index contributed by atoms with van der Waals surface area (Å²) < 4.78 is 0. The Morgan fingerprint density at radius 2 is 0.547 bits per heavy atom. The molecule has 0 saturated carbocycles. The zero-order valence-electron chi connectivity index (χ0n) is 51.6. The summed E-state index contributed by atoms with van der Waals surface area (Å²) in [5, 5.41) is 23.5. The highest BCUT2D eigenvalue weighted by Gasteiger charge is 2.20. The number of amides is 1. The second kappa shape index (κ2) is 67.1. The number of hydrogen-bond acceptors (Lipinski definition) is 3. The molecule has 2 atom stereocenters. The number of aliphatic hydroxyl groups excluding tert-OH is 2. The van der Waals surface area contributed by atoms with Crippen molar-refractivity contribution in [3.8, 4) is 0 Å². The average Bonchev–Trinajstić information content (AvgIpc) is 3.41. The molecule has 75 heavy (non-hydrogen) atoms. The third-order valence-electron chi connectivity index (χ3n) is 16.7. The van der Waals surface area contributed by atoms with E-state index in [1.54, 1.807) is 0 Å². The molecular formula is C71H139NO3. The summed E-state index contributed by atoms with van der Waals surface area (Å²) in [6, 6.07) is -0.535. The topological polar surface area (TPSA) is 69.6 Å². The van der Waals surface area contributed by atoms with Crippen LogP contribution in [0.5, 0.6) is 0 Å². The van der Waals surface area contributed by atoms with Gasteiger partial charge < -0.3 is 15.5 Å². The van der Waals surface area contributed by atoms with Crippen LogP contribution in [0, 0.1) is 0 Å². The van der Waals surface area contributed by atoms with Gasteiger partial charge >= 0.3 is 0 Å². The van der Waals surface area contributed by atoms with Gasteiger partial charge in [-0.15, -0.1) is 0 Å². The molecule has 0 spiro atoms. The number of allylic oxidation sites excluding steroid dienone is 4. The van der Waals surface area contributed by atoms with Crippen molar-refractivity contribution in [2.75, 3.05) is 6.61 Å². The van der Waals surface area contributed by atoms with Crippen molar-refractivity contribution < 1.29 is 15.0 Å². The van der Waals surface area contributed by atoms with Gasteiger partial charge in [0.05, 0.1) is 18.8 Å². The summed E-state index contributed by atoms with van der Waals surface area (Å²) >= 11 is 0. The molecule has 0 aromatic rings. The number of unbranched alkanes of at least 4 members (excludes halogenated alkanes) is 55. The summed E-state index contributed by atoms with van der Waals surface area (Å²) in [5.74, 6) is -0.0211. The van der Waals surface area contributed by atoms with Gasteiger partial charge in [0.1, 0.15) is 0 Å². The predicted octanol–water partition coefficient (Wildman–Crippen LogP) is 23.8. The Bertz CT molecular complexity index is 1100. The highest BCUT2D eigenvalue weighted by molar-refractivity contribution is 5.76. The Morgan fingerprint density at radius 3 is 0.800 bits per heavy atom. The standard InChI is InChI=1S/C71H139NO3/c1-3-5-7-9-11-13-15-17-19-21-23-25-27-29-31-32-33-34-35-36-37-38-39-40-41-43-45-47-49-51-53-55-57-59-61-63-65-67-71(75)72-69(68-73)70(74)66-64-62-60-58-56-54-52-50-48-46-44-42-30-28-26-24-22-20-18-16-14-12-10-8-6-4-2/h15,17,21,23,69-70,73-74H,3-14,16,18-20,22,24-68H2,1-2H3,(H,72,75)/b17-15-,23-21-. The molecule has 0 rings (SSSR count). The van der Waals surface area contributed by atoms with Gasteiger partial charge in [-0.25, -0.2) is 0 Å². The maximum absolute atomic E-state index is 12.6. The van der Waals surface area contributed by atoms with Crippen LogP contribution in [-0.2, 0) is 4.79 Å². The number of nitrogens with one attached hydrogen (secondary N) is 1. The second-order valence-corrected chi connectivity index (χ2v) is 24.3. The fourth-order valence-electron chi connectivity index (χ4n) is 11.4. The van der Waals surface area contributed by atoms with E-state index in [2.05, 4.69) is 43.5 Å². The van der Waals surface area contributed by atoms with E-state index >= 15 is 0 Å². The van der Waals surface area contributed by atoms with Crippen LogP contribution in [0.2, 0.25) is 0 Å². The largest absolute Gasteiger partial charge is 0.394 e. The third-order valence-corrected chi connectivity index (χ3v) is 16.7. The van der Waals surface area contributed by atoms with E-state index in [9.17, 15) is 15.0 Å². The Kier molecular flexibility index (Phi) is 66.1. The predicted molar refractivity (Wildman–Crippen MR) is 336 cm³/mol. The van der Waals surface area contributed by atoms with Crippen LogP contribution in [0.25, 0.3) is 0 Å². The molecule has 4 nitrogen and oxygen atoms in total. The summed E-state index contributed by atoms with van der Waals surface area (Å²) in [6.45, 7) is 4.40. The minimum atomic E-state index is -0.658. The first-order valence-electron chi connectivity index (χ1n) is 35.0. The fourth-order valence-corrected chi connectivity index (χ4v) is 11.4. The van der Waals surface area contributed by atoms with E-state index in [1.807, 2.05) is 0 Å². The first kappa shape index (κ1) is 73.9. The van der Waals surface area contributed by atoms with Gasteiger partial charge in [0.15, 0.2) is 0 Å². The first-order chi connectivity index (χ1) is 37.2. The van der Waals surface area contributed by atoms with Crippen LogP contribution in [0.3, 0.4) is 0 Å². The monoisotopic (exact) mass is 1050 g/mol. The van der Waals surface area contributed by atoms with Gasteiger partial charge in [0.2, 0.25) is 5.91 Å². The van der Waals surface area contributed by atoms with Crippen LogP contribution in [0.1, 0.15) is 406 Å². The molecule has 0 aliphatic carbocycles. The van der Waals surface area contributed by atoms with Crippen molar-refractivity contribution in [1.29, 1.82) is 0 Å². The van der Waals surface area contributed by atoms with Gasteiger partial charge in [-0.3, -0.25) is 4.79 Å². The Balaban J connectivity index is 3.37. The highest BCUT2D eigenvalue weighted by atomic mass is 16.3. The Morgan fingerprint density at radius 1 is 0.320 bits per heavy atom. The lowest BCUT2D eigenvalue weighted by Crippen LogP contribution is -2.45. The lowest BCUT2D eigenvalue weighted by Gasteiger charge is -2.22. The van der Waals surface area contributed by atoms with Crippen LogP contribution < -0.4 is 5.32 Å². The average molecular weight is 1050 g/mol. The number of carbonyl (C=O) groups excluding carboxylic acids is 1. The normalized spacial score (nSPS) is 12.7. The quantitative estimate of drug-likeness (QED) is 0.0420. The van der Waals surface area contributed by atoms with Crippen molar-refractivity contribution in [2.24, 2.45) is 0 Å². The van der Waals surface area contributed by atoms with Crippen LogP contribution in [-0.4, -0.2) is 34.9 Å². The van der Waals surface area contributed by atoms with E-state index in [1.165, 1.54) is 347 Å². The molecule has 0 aliphatic heterocycles. The maximum Gasteiger partial charge on any atom is 0.220 e. The molecule has 0 bridgehead atoms. The summed E-state index contributed by atoms with van der Waals surface area (Å²) in [6.07, 6.45) is 91.0. The molecule has 3 N–H and O–H groups in total. The van der Waals surface area contributed by atoms with E-state index < -0.39 is 12.1 Å². The summed E-state index contributed by atoms with van der Waals surface area (Å²) in [4.78, 5) is 12.6. The minimum Gasteiger partial charge on any atom is -0.394 e. The van der Waals surface area contributed by atoms with E-state index in [4.69, 9.17) is 0 Å². The van der Waals surface area contributed by atoms with Crippen LogP contribution in [0.4, 0.5) is 0 Å². The molecule has 2 unspecified atom stereocenters. The second-order valence-electron chi connectivity index (χ2n) is 24.3. The van der Waals surface area contributed by atoms with E-state index in [0.29, 0.717) is 12.8 Å². The molecule has 0 radical (unpaired) electrons. The van der Waals surface area contributed by atoms with Gasteiger partial charge in [0, 0.05) is 6.42 Å². The molecule has 0 heterocycles. The summed E-state index contributed by atoms with van der Waals surface area (Å²) in [5.41, 5.74) is 0. The maximum atomic E-state index is 12.6. The lowest BCUT2D eigenvalue weighted by atomic mass is 10.0. The molecule has 0 saturated heterocycles. The van der Waals surface area contributed by atoms with Crippen LogP contribution in [0.15, 0.2) is 24.3 Å². The van der Waals surface area contributed by atoms with Crippen molar-refractivity contribution in [3.63, 3.8) is 0 Å². The highest BCUT2D eigenvalue weighted by Crippen LogP contribution is 2.19. The molecule has 0 aliphatic rings. The zero-order chi connectivity index (χ0) is 54.1. The minimum absolute atomic E-state index is 0.0211. The molecule has 0 aromatic carbocycles. The number of carbonyl (C=O) groups is 1. The van der Waals surface area contributed by atoms with Crippen molar-refractivity contribution in [2.45, 2.75) is 418 Å². The Labute approximate surface area is 472 Å². The van der Waals surface area contributed by atoms with Crippen molar-refractivity contribution >= 4 is 5.91 Å². The Hall–Kier alpha value is -1.13. The smallest absolute Gasteiger partial charge is 0.220 e. The molecule has 446 valence electrons. The molecule has 0 fully saturated rings.